The Labute approximate surface area is 132 Å². The number of ether oxygens (including phenoxy) is 1. The minimum atomic E-state index is -0.0458. The molecule has 0 aliphatic rings. The first-order valence-electron chi connectivity index (χ1n) is 8.38. The van der Waals surface area contributed by atoms with Crippen molar-refractivity contribution in [3.8, 4) is 0 Å². The second-order valence-corrected chi connectivity index (χ2v) is 8.33. The van der Waals surface area contributed by atoms with Crippen LogP contribution in [0.5, 0.6) is 0 Å². The average Bonchev–Trinajstić information content (AvgIpc) is 2.33. The summed E-state index contributed by atoms with van der Waals surface area (Å²) in [7, 11) is 0. The molecule has 0 aromatic heterocycles. The zero-order valence-corrected chi connectivity index (χ0v) is 15.3. The predicted molar refractivity (Wildman–Crippen MR) is 91.3 cm³/mol. The molecule has 0 heterocycles. The lowest BCUT2D eigenvalue weighted by Gasteiger charge is -2.22. The van der Waals surface area contributed by atoms with Gasteiger partial charge in [-0.1, -0.05) is 73.5 Å². The number of hydrogen-bond donors (Lipinski definition) is 0. The lowest BCUT2D eigenvalue weighted by Crippen LogP contribution is -2.11. The van der Waals surface area contributed by atoms with Crippen molar-refractivity contribution in [3.63, 3.8) is 0 Å². The number of hydrogen-bond acceptors (Lipinski definition) is 2. The molecule has 0 saturated carbocycles. The van der Waals surface area contributed by atoms with E-state index in [1.165, 1.54) is 12.8 Å². The molecule has 0 amide bonds. The van der Waals surface area contributed by atoms with Crippen LogP contribution in [-0.2, 0) is 9.53 Å². The van der Waals surface area contributed by atoms with Crippen LogP contribution < -0.4 is 0 Å². The van der Waals surface area contributed by atoms with Gasteiger partial charge in [-0.05, 0) is 29.6 Å². The van der Waals surface area contributed by atoms with Gasteiger partial charge < -0.3 is 4.74 Å². The number of allylic oxidation sites excluding steroid dienone is 2. The maximum absolute atomic E-state index is 11.5. The fraction of sp³-hybridized carbons (Fsp3) is 0.842. The van der Waals surface area contributed by atoms with Gasteiger partial charge in [0.15, 0.2) is 0 Å². The molecule has 0 N–H and O–H groups in total. The Bertz CT molecular complexity index is 319. The Morgan fingerprint density at radius 2 is 1.62 bits per heavy atom. The van der Waals surface area contributed by atoms with Gasteiger partial charge in [-0.3, -0.25) is 4.79 Å². The summed E-state index contributed by atoms with van der Waals surface area (Å²) in [5, 5.41) is 0. The first-order valence-corrected chi connectivity index (χ1v) is 8.38. The summed E-state index contributed by atoms with van der Waals surface area (Å²) in [5.41, 5.74) is 0.489. The second-order valence-electron chi connectivity index (χ2n) is 8.33. The maximum atomic E-state index is 11.5. The Kier molecular flexibility index (Phi) is 8.92. The molecular weight excluding hydrogens is 260 g/mol. The van der Waals surface area contributed by atoms with Crippen LogP contribution in [0, 0.1) is 16.7 Å². The maximum Gasteiger partial charge on any atom is 0.305 e. The van der Waals surface area contributed by atoms with E-state index in [0.717, 1.165) is 12.8 Å². The van der Waals surface area contributed by atoms with Crippen molar-refractivity contribution in [1.82, 2.24) is 0 Å². The molecule has 0 spiro atoms. The number of carbonyl (C=O) groups excluding carboxylic acids is 1. The number of unbranched alkanes of at least 4 members (excludes halogenated alkanes) is 2. The van der Waals surface area contributed by atoms with E-state index in [-0.39, 0.29) is 16.8 Å². The smallest absolute Gasteiger partial charge is 0.305 e. The lowest BCUT2D eigenvalue weighted by atomic mass is 9.83. The molecule has 0 aliphatic heterocycles. The Hall–Kier alpha value is -0.790. The van der Waals surface area contributed by atoms with E-state index in [0.29, 0.717) is 18.9 Å². The molecule has 0 saturated heterocycles. The van der Waals surface area contributed by atoms with Crippen LogP contribution in [0.4, 0.5) is 0 Å². The largest absolute Gasteiger partial charge is 0.465 e. The third kappa shape index (κ3) is 13.9. The molecule has 0 aliphatic carbocycles. The van der Waals surface area contributed by atoms with Gasteiger partial charge in [-0.2, -0.15) is 0 Å². The normalized spacial score (nSPS) is 13.1. The van der Waals surface area contributed by atoms with Crippen LogP contribution in [0.25, 0.3) is 0 Å². The summed E-state index contributed by atoms with van der Waals surface area (Å²) >= 11 is 0. The van der Waals surface area contributed by atoms with E-state index in [9.17, 15) is 4.79 Å². The van der Waals surface area contributed by atoms with Crippen LogP contribution in [0.1, 0.15) is 80.6 Å². The molecule has 0 atom stereocenters. The minimum Gasteiger partial charge on any atom is -0.465 e. The van der Waals surface area contributed by atoms with Crippen molar-refractivity contribution in [2.75, 3.05) is 6.61 Å². The SMILES string of the molecule is CC(C)COC(=O)CCCCCC(C)(C)/C=C\C(C)(C)C. The summed E-state index contributed by atoms with van der Waals surface area (Å²) in [6.07, 6.45) is 9.57. The van der Waals surface area contributed by atoms with E-state index in [2.05, 4.69) is 60.6 Å². The Morgan fingerprint density at radius 3 is 2.14 bits per heavy atom. The predicted octanol–water partition coefficient (Wildman–Crippen LogP) is 5.76. The van der Waals surface area contributed by atoms with Crippen LogP contribution >= 0.6 is 0 Å². The zero-order chi connectivity index (χ0) is 16.5. The molecule has 2 nitrogen and oxygen atoms in total. The van der Waals surface area contributed by atoms with E-state index in [1.54, 1.807) is 0 Å². The van der Waals surface area contributed by atoms with E-state index in [1.807, 2.05) is 0 Å². The average molecular weight is 296 g/mol. The van der Waals surface area contributed by atoms with Crippen LogP contribution in [0.15, 0.2) is 12.2 Å². The molecule has 0 aromatic rings. The van der Waals surface area contributed by atoms with Crippen molar-refractivity contribution in [3.05, 3.63) is 12.2 Å². The van der Waals surface area contributed by atoms with E-state index in [4.69, 9.17) is 4.74 Å². The van der Waals surface area contributed by atoms with Crippen molar-refractivity contribution in [1.29, 1.82) is 0 Å². The summed E-state index contributed by atoms with van der Waals surface area (Å²) in [5.74, 6) is 0.375. The highest BCUT2D eigenvalue weighted by Gasteiger charge is 2.15. The molecular formula is C19H36O2. The third-order valence-corrected chi connectivity index (χ3v) is 3.31. The molecule has 0 aromatic carbocycles. The van der Waals surface area contributed by atoms with Gasteiger partial charge in [0, 0.05) is 6.42 Å². The molecule has 21 heavy (non-hydrogen) atoms. The Morgan fingerprint density at radius 1 is 1.00 bits per heavy atom. The highest BCUT2D eigenvalue weighted by atomic mass is 16.5. The molecule has 0 radical (unpaired) electrons. The van der Waals surface area contributed by atoms with Gasteiger partial charge in [-0.15, -0.1) is 0 Å². The van der Waals surface area contributed by atoms with E-state index >= 15 is 0 Å². The number of esters is 1. The summed E-state index contributed by atoms with van der Waals surface area (Å²) in [6.45, 7) is 15.9. The fourth-order valence-electron chi connectivity index (χ4n) is 1.92. The molecule has 2 heteroatoms. The standard InChI is InChI=1S/C19H36O2/c1-16(2)15-21-17(20)11-9-8-10-12-19(6,7)14-13-18(3,4)5/h13-14,16H,8-12,15H2,1-7H3/b14-13-. The van der Waals surface area contributed by atoms with Gasteiger partial charge in [0.1, 0.15) is 0 Å². The second kappa shape index (κ2) is 9.27. The van der Waals surface area contributed by atoms with Gasteiger partial charge in [-0.25, -0.2) is 0 Å². The topological polar surface area (TPSA) is 26.3 Å². The van der Waals surface area contributed by atoms with Crippen molar-refractivity contribution >= 4 is 5.97 Å². The zero-order valence-electron chi connectivity index (χ0n) is 15.3. The van der Waals surface area contributed by atoms with Gasteiger partial charge in [0.2, 0.25) is 0 Å². The van der Waals surface area contributed by atoms with E-state index < -0.39 is 0 Å². The van der Waals surface area contributed by atoms with Crippen LogP contribution in [0.2, 0.25) is 0 Å². The third-order valence-electron chi connectivity index (χ3n) is 3.31. The lowest BCUT2D eigenvalue weighted by molar-refractivity contribution is -0.144. The molecule has 0 bridgehead atoms. The Balaban J connectivity index is 3.80. The highest BCUT2D eigenvalue weighted by Crippen LogP contribution is 2.28. The van der Waals surface area contributed by atoms with Crippen LogP contribution in [-0.4, -0.2) is 12.6 Å². The molecule has 0 rings (SSSR count). The summed E-state index contributed by atoms with van der Waals surface area (Å²) in [4.78, 5) is 11.5. The molecule has 0 fully saturated rings. The summed E-state index contributed by atoms with van der Waals surface area (Å²) in [6, 6.07) is 0. The molecule has 124 valence electrons. The minimum absolute atomic E-state index is 0.0458. The first kappa shape index (κ1) is 20.2. The van der Waals surface area contributed by atoms with Gasteiger partial charge in [0.25, 0.3) is 0 Å². The highest BCUT2D eigenvalue weighted by molar-refractivity contribution is 5.69. The van der Waals surface area contributed by atoms with Gasteiger partial charge in [0.05, 0.1) is 6.61 Å². The summed E-state index contributed by atoms with van der Waals surface area (Å²) < 4.78 is 5.18. The van der Waals surface area contributed by atoms with Crippen molar-refractivity contribution < 1.29 is 9.53 Å². The quantitative estimate of drug-likeness (QED) is 0.307. The monoisotopic (exact) mass is 296 g/mol. The molecule has 0 unspecified atom stereocenters. The number of carbonyl (C=O) groups is 1. The van der Waals surface area contributed by atoms with Crippen LogP contribution in [0.3, 0.4) is 0 Å². The van der Waals surface area contributed by atoms with Gasteiger partial charge >= 0.3 is 5.97 Å². The first-order chi connectivity index (χ1) is 9.52. The fourth-order valence-corrected chi connectivity index (χ4v) is 1.92. The van der Waals surface area contributed by atoms with Crippen molar-refractivity contribution in [2.45, 2.75) is 80.6 Å². The van der Waals surface area contributed by atoms with Crippen molar-refractivity contribution in [2.24, 2.45) is 16.7 Å². The number of rotatable bonds is 9.